The van der Waals surface area contributed by atoms with Gasteiger partial charge in [-0.1, -0.05) is 0 Å². The Hall–Kier alpha value is -1.86. The van der Waals surface area contributed by atoms with E-state index in [9.17, 15) is 9.59 Å². The monoisotopic (exact) mass is 278 g/mol. The van der Waals surface area contributed by atoms with Crippen LogP contribution < -0.4 is 16.6 Å². The Labute approximate surface area is 116 Å². The number of fused-ring (bicyclic) bond motifs is 1. The van der Waals surface area contributed by atoms with Crippen molar-refractivity contribution < 1.29 is 14.0 Å². The molecule has 2 aliphatic heterocycles. The number of nitrogens with zero attached hydrogens (tertiary/aromatic N) is 1. The fourth-order valence-corrected chi connectivity index (χ4v) is 3.09. The molecular weight excluding hydrogens is 260 g/mol. The number of amides is 2. The number of carbonyl (C=O) groups is 2. The smallest absolute Gasteiger partial charge is 0.300 e. The molecule has 0 aromatic carbocycles. The molecular formula is C13H18N4O3. The quantitative estimate of drug-likeness (QED) is 0.396. The highest BCUT2D eigenvalue weighted by Crippen LogP contribution is 2.28. The summed E-state index contributed by atoms with van der Waals surface area (Å²) in [5.41, 5.74) is 2.04. The summed E-state index contributed by atoms with van der Waals surface area (Å²) in [5.74, 6) is 5.79. The van der Waals surface area contributed by atoms with Crippen molar-refractivity contribution in [2.24, 2.45) is 11.8 Å². The number of hydrogen-bond donors (Lipinski definition) is 3. The van der Waals surface area contributed by atoms with Gasteiger partial charge in [-0.05, 0) is 31.5 Å². The van der Waals surface area contributed by atoms with Crippen molar-refractivity contribution in [2.45, 2.75) is 25.4 Å². The van der Waals surface area contributed by atoms with Gasteiger partial charge in [0.1, 0.15) is 5.76 Å². The van der Waals surface area contributed by atoms with Crippen LogP contribution in [0.15, 0.2) is 16.5 Å². The second-order valence-electron chi connectivity index (χ2n) is 5.27. The number of likely N-dealkylation sites (tertiary alicyclic amines) is 1. The average Bonchev–Trinajstić information content (AvgIpc) is 3.07. The number of piperidine rings is 1. The molecule has 1 aromatic rings. The summed E-state index contributed by atoms with van der Waals surface area (Å²) in [5, 5.41) is 2.92. The third-order valence-electron chi connectivity index (χ3n) is 4.09. The van der Waals surface area contributed by atoms with Crippen LogP contribution in [-0.4, -0.2) is 35.8 Å². The summed E-state index contributed by atoms with van der Waals surface area (Å²) in [6.07, 6.45) is 1.96. The Morgan fingerprint density at radius 3 is 3.20 bits per heavy atom. The summed E-state index contributed by atoms with van der Waals surface area (Å²) in [4.78, 5) is 25.3. The number of furan rings is 1. The second-order valence-corrected chi connectivity index (χ2v) is 5.27. The molecule has 2 fully saturated rings. The van der Waals surface area contributed by atoms with Gasteiger partial charge in [-0.3, -0.25) is 19.9 Å². The minimum Gasteiger partial charge on any atom is -0.455 e. The lowest BCUT2D eigenvalue weighted by atomic mass is 9.91. The van der Waals surface area contributed by atoms with E-state index < -0.39 is 5.91 Å². The largest absolute Gasteiger partial charge is 0.455 e. The lowest BCUT2D eigenvalue weighted by Gasteiger charge is -2.35. The summed E-state index contributed by atoms with van der Waals surface area (Å²) >= 11 is 0. The normalized spacial score (nSPS) is 26.1. The molecule has 0 radical (unpaired) electrons. The molecule has 0 spiro atoms. The van der Waals surface area contributed by atoms with Crippen molar-refractivity contribution in [3.63, 3.8) is 0 Å². The summed E-state index contributed by atoms with van der Waals surface area (Å²) < 4.78 is 5.48. The predicted octanol–water partition coefficient (Wildman–Crippen LogP) is -0.406. The van der Waals surface area contributed by atoms with Gasteiger partial charge in [0.25, 0.3) is 0 Å². The Balaban J connectivity index is 1.69. The molecule has 0 aliphatic carbocycles. The van der Waals surface area contributed by atoms with E-state index in [4.69, 9.17) is 10.3 Å². The molecule has 2 atom stereocenters. The first-order valence-electron chi connectivity index (χ1n) is 6.80. The van der Waals surface area contributed by atoms with Crippen LogP contribution in [0.4, 0.5) is 0 Å². The van der Waals surface area contributed by atoms with Gasteiger partial charge in [-0.2, -0.15) is 0 Å². The molecule has 0 saturated carbocycles. The van der Waals surface area contributed by atoms with Gasteiger partial charge in [0.2, 0.25) is 5.91 Å². The molecule has 20 heavy (non-hydrogen) atoms. The number of nitrogen functional groups attached to an aromatic ring is 1. The van der Waals surface area contributed by atoms with E-state index in [0.29, 0.717) is 18.8 Å². The topological polar surface area (TPSA) is 101 Å². The fraction of sp³-hybridized carbons (Fsp3) is 0.538. The van der Waals surface area contributed by atoms with Crippen LogP contribution in [0, 0.1) is 5.92 Å². The summed E-state index contributed by atoms with van der Waals surface area (Å²) in [7, 11) is 0. The van der Waals surface area contributed by atoms with Gasteiger partial charge in [-0.25, -0.2) is 5.84 Å². The second kappa shape index (κ2) is 5.26. The molecule has 2 amide bonds. The van der Waals surface area contributed by atoms with Gasteiger partial charge in [0.05, 0.1) is 12.5 Å². The number of carbonyl (C=O) groups excluding carboxylic acids is 2. The Morgan fingerprint density at radius 1 is 1.55 bits per heavy atom. The van der Waals surface area contributed by atoms with Crippen LogP contribution in [0.5, 0.6) is 0 Å². The SMILES string of the molecule is NNC(=O)c1ccc(CN2CCCC3C(=O)NCC32)o1. The number of hydrazine groups is 1. The van der Waals surface area contributed by atoms with Crippen molar-refractivity contribution in [1.29, 1.82) is 0 Å². The third-order valence-corrected chi connectivity index (χ3v) is 4.09. The molecule has 108 valence electrons. The Morgan fingerprint density at radius 2 is 2.40 bits per heavy atom. The molecule has 0 bridgehead atoms. The van der Waals surface area contributed by atoms with E-state index in [1.807, 2.05) is 5.43 Å². The number of nitrogens with two attached hydrogens (primary N) is 1. The molecule has 2 aliphatic rings. The van der Waals surface area contributed by atoms with Crippen LogP contribution in [0.2, 0.25) is 0 Å². The molecule has 7 nitrogen and oxygen atoms in total. The van der Waals surface area contributed by atoms with E-state index in [1.165, 1.54) is 0 Å². The zero-order valence-corrected chi connectivity index (χ0v) is 11.1. The Bertz CT molecular complexity index is 527. The number of hydrogen-bond acceptors (Lipinski definition) is 5. The molecule has 1 aromatic heterocycles. The van der Waals surface area contributed by atoms with Gasteiger partial charge in [-0.15, -0.1) is 0 Å². The zero-order valence-electron chi connectivity index (χ0n) is 11.1. The average molecular weight is 278 g/mol. The molecule has 3 heterocycles. The van der Waals surface area contributed by atoms with E-state index >= 15 is 0 Å². The summed E-state index contributed by atoms with van der Waals surface area (Å²) in [6, 6.07) is 3.61. The first-order valence-corrected chi connectivity index (χ1v) is 6.80. The van der Waals surface area contributed by atoms with Gasteiger partial charge < -0.3 is 9.73 Å². The lowest BCUT2D eigenvalue weighted by Crippen LogP contribution is -2.44. The van der Waals surface area contributed by atoms with E-state index in [0.717, 1.165) is 19.4 Å². The first kappa shape index (κ1) is 13.1. The van der Waals surface area contributed by atoms with Crippen molar-refractivity contribution in [2.75, 3.05) is 13.1 Å². The van der Waals surface area contributed by atoms with E-state index in [-0.39, 0.29) is 23.6 Å². The van der Waals surface area contributed by atoms with Crippen LogP contribution >= 0.6 is 0 Å². The van der Waals surface area contributed by atoms with Crippen LogP contribution in [0.3, 0.4) is 0 Å². The lowest BCUT2D eigenvalue weighted by molar-refractivity contribution is -0.124. The molecule has 2 saturated heterocycles. The third kappa shape index (κ3) is 2.30. The molecule has 7 heteroatoms. The van der Waals surface area contributed by atoms with Crippen molar-refractivity contribution >= 4 is 11.8 Å². The van der Waals surface area contributed by atoms with Crippen molar-refractivity contribution in [3.8, 4) is 0 Å². The minimum absolute atomic E-state index is 0.0884. The maximum absolute atomic E-state index is 11.7. The predicted molar refractivity (Wildman–Crippen MR) is 70.3 cm³/mol. The zero-order chi connectivity index (χ0) is 14.1. The molecule has 4 N–H and O–H groups in total. The van der Waals surface area contributed by atoms with E-state index in [2.05, 4.69) is 10.2 Å². The minimum atomic E-state index is -0.439. The maximum atomic E-state index is 11.7. The standard InChI is InChI=1S/C13H18N4O3/c14-16-13(19)11-4-3-8(20-11)7-17-5-1-2-9-10(17)6-15-12(9)18/h3-4,9-10H,1-2,5-7,14H2,(H,15,18)(H,16,19). The van der Waals surface area contributed by atoms with E-state index in [1.54, 1.807) is 12.1 Å². The number of rotatable bonds is 3. The molecule has 2 unspecified atom stereocenters. The van der Waals surface area contributed by atoms with Crippen LogP contribution in [-0.2, 0) is 11.3 Å². The molecule has 3 rings (SSSR count). The van der Waals surface area contributed by atoms with Gasteiger partial charge in [0, 0.05) is 12.6 Å². The van der Waals surface area contributed by atoms with Gasteiger partial charge in [0.15, 0.2) is 5.76 Å². The highest BCUT2D eigenvalue weighted by Gasteiger charge is 2.40. The highest BCUT2D eigenvalue weighted by atomic mass is 16.4. The van der Waals surface area contributed by atoms with Crippen LogP contribution in [0.25, 0.3) is 0 Å². The van der Waals surface area contributed by atoms with Gasteiger partial charge >= 0.3 is 5.91 Å². The fourth-order valence-electron chi connectivity index (χ4n) is 3.09. The summed E-state index contributed by atoms with van der Waals surface area (Å²) in [6.45, 7) is 2.24. The van der Waals surface area contributed by atoms with Crippen molar-refractivity contribution in [3.05, 3.63) is 23.7 Å². The maximum Gasteiger partial charge on any atom is 0.300 e. The number of nitrogens with one attached hydrogen (secondary N) is 2. The highest BCUT2D eigenvalue weighted by molar-refractivity contribution is 5.90. The first-order chi connectivity index (χ1) is 9.69. The van der Waals surface area contributed by atoms with Crippen molar-refractivity contribution in [1.82, 2.24) is 15.6 Å². The Kier molecular flexibility index (Phi) is 3.45. The van der Waals surface area contributed by atoms with Crippen LogP contribution in [0.1, 0.15) is 29.2 Å².